The van der Waals surface area contributed by atoms with Gasteiger partial charge in [-0.3, -0.25) is 9.59 Å². The first-order valence-electron chi connectivity index (χ1n) is 5.87. The summed E-state index contributed by atoms with van der Waals surface area (Å²) in [6, 6.07) is 13.3. The van der Waals surface area contributed by atoms with Gasteiger partial charge in [0.05, 0.1) is 0 Å². The van der Waals surface area contributed by atoms with Gasteiger partial charge in [-0.1, -0.05) is 42.5 Å². The molecule has 1 aliphatic rings. The lowest BCUT2D eigenvalue weighted by Crippen LogP contribution is -2.48. The Morgan fingerprint density at radius 2 is 1.72 bits per heavy atom. The van der Waals surface area contributed by atoms with E-state index in [1.54, 1.807) is 0 Å². The summed E-state index contributed by atoms with van der Waals surface area (Å²) in [5, 5.41) is 11.4. The summed E-state index contributed by atoms with van der Waals surface area (Å²) in [5.74, 6) is -0.885. The number of benzene rings is 2. The first-order valence-corrected chi connectivity index (χ1v) is 5.87. The van der Waals surface area contributed by atoms with Crippen molar-refractivity contribution in [3.05, 3.63) is 48.0 Å². The Morgan fingerprint density at radius 3 is 2.39 bits per heavy atom. The SMILES string of the molecule is O=C1CC(C(=O)O)(c2cccc3ccccc23)C1. The normalized spacial score (nSPS) is 17.4. The fourth-order valence-corrected chi connectivity index (χ4v) is 2.72. The number of rotatable bonds is 2. The van der Waals surface area contributed by atoms with E-state index in [-0.39, 0.29) is 18.6 Å². The molecule has 0 aliphatic heterocycles. The zero-order valence-corrected chi connectivity index (χ0v) is 9.72. The lowest BCUT2D eigenvalue weighted by molar-refractivity contribution is -0.153. The summed E-state index contributed by atoms with van der Waals surface area (Å²) in [5.41, 5.74) is -0.259. The number of carbonyl (C=O) groups excluding carboxylic acids is 1. The molecule has 0 radical (unpaired) electrons. The van der Waals surface area contributed by atoms with Crippen LogP contribution in [0.2, 0.25) is 0 Å². The van der Waals surface area contributed by atoms with Gasteiger partial charge >= 0.3 is 5.97 Å². The van der Waals surface area contributed by atoms with Gasteiger partial charge in [0, 0.05) is 12.8 Å². The Bertz CT molecular complexity index is 644. The molecule has 3 heteroatoms. The van der Waals surface area contributed by atoms with E-state index in [2.05, 4.69) is 0 Å². The molecule has 1 aliphatic carbocycles. The molecule has 2 aromatic rings. The number of carboxylic acids is 1. The van der Waals surface area contributed by atoms with Crippen molar-refractivity contribution in [2.45, 2.75) is 18.3 Å². The zero-order chi connectivity index (χ0) is 12.8. The van der Waals surface area contributed by atoms with E-state index in [0.717, 1.165) is 16.3 Å². The molecule has 0 heterocycles. The second-order valence-electron chi connectivity index (χ2n) is 4.81. The van der Waals surface area contributed by atoms with E-state index >= 15 is 0 Å². The number of aliphatic carboxylic acids is 1. The largest absolute Gasteiger partial charge is 0.481 e. The molecule has 1 N–H and O–H groups in total. The summed E-state index contributed by atoms with van der Waals surface area (Å²) in [6.45, 7) is 0. The van der Waals surface area contributed by atoms with E-state index in [0.29, 0.717) is 0 Å². The van der Waals surface area contributed by atoms with Gasteiger partial charge in [0.2, 0.25) is 0 Å². The van der Waals surface area contributed by atoms with Gasteiger partial charge < -0.3 is 5.11 Å². The predicted octanol–water partition coefficient (Wildman–Crippen LogP) is 2.53. The molecule has 0 aromatic heterocycles. The van der Waals surface area contributed by atoms with Crippen LogP contribution in [0, 0.1) is 0 Å². The molecule has 3 nitrogen and oxygen atoms in total. The first-order chi connectivity index (χ1) is 8.63. The number of carboxylic acid groups (broad SMARTS) is 1. The van der Waals surface area contributed by atoms with E-state index < -0.39 is 11.4 Å². The van der Waals surface area contributed by atoms with Crippen LogP contribution in [0.25, 0.3) is 10.8 Å². The van der Waals surface area contributed by atoms with Crippen LogP contribution in [0.5, 0.6) is 0 Å². The molecule has 0 unspecified atom stereocenters. The molecule has 1 fully saturated rings. The van der Waals surface area contributed by atoms with Crippen molar-refractivity contribution in [2.24, 2.45) is 0 Å². The number of carbonyl (C=O) groups is 2. The number of fused-ring (bicyclic) bond motifs is 1. The Kier molecular flexibility index (Phi) is 2.23. The van der Waals surface area contributed by atoms with Gasteiger partial charge in [-0.25, -0.2) is 0 Å². The summed E-state index contributed by atoms with van der Waals surface area (Å²) >= 11 is 0. The molecule has 2 aromatic carbocycles. The molecule has 18 heavy (non-hydrogen) atoms. The molecule has 0 spiro atoms. The highest BCUT2D eigenvalue weighted by Crippen LogP contribution is 2.44. The van der Waals surface area contributed by atoms with E-state index in [1.807, 2.05) is 42.5 Å². The smallest absolute Gasteiger partial charge is 0.315 e. The molecule has 0 atom stereocenters. The second kappa shape index (κ2) is 3.67. The van der Waals surface area contributed by atoms with Gasteiger partial charge in [-0.15, -0.1) is 0 Å². The minimum absolute atomic E-state index is 0.0188. The molecule has 3 rings (SSSR count). The zero-order valence-electron chi connectivity index (χ0n) is 9.72. The topological polar surface area (TPSA) is 54.4 Å². The average molecular weight is 240 g/mol. The minimum atomic E-state index is -1.02. The Balaban J connectivity index is 2.25. The third kappa shape index (κ3) is 1.37. The lowest BCUT2D eigenvalue weighted by Gasteiger charge is -2.37. The molecule has 0 amide bonds. The van der Waals surface area contributed by atoms with Crippen LogP contribution in [0.4, 0.5) is 0 Å². The van der Waals surface area contributed by atoms with Crippen molar-refractivity contribution in [3.8, 4) is 0 Å². The quantitative estimate of drug-likeness (QED) is 0.877. The number of hydrogen-bond donors (Lipinski definition) is 1. The standard InChI is InChI=1S/C15H12O3/c16-11-8-15(9-11,14(17)18)13-7-3-5-10-4-1-2-6-12(10)13/h1-7H,8-9H2,(H,17,18). The highest BCUT2D eigenvalue weighted by molar-refractivity contribution is 6.04. The Morgan fingerprint density at radius 1 is 1.06 bits per heavy atom. The highest BCUT2D eigenvalue weighted by atomic mass is 16.4. The molecular weight excluding hydrogens is 228 g/mol. The molecule has 90 valence electrons. The molecular formula is C15H12O3. The van der Waals surface area contributed by atoms with Gasteiger partial charge in [-0.2, -0.15) is 0 Å². The van der Waals surface area contributed by atoms with E-state index in [9.17, 15) is 14.7 Å². The van der Waals surface area contributed by atoms with E-state index in [4.69, 9.17) is 0 Å². The van der Waals surface area contributed by atoms with Crippen LogP contribution >= 0.6 is 0 Å². The fraction of sp³-hybridized carbons (Fsp3) is 0.200. The van der Waals surface area contributed by atoms with Gasteiger partial charge in [0.15, 0.2) is 0 Å². The van der Waals surface area contributed by atoms with Crippen molar-refractivity contribution >= 4 is 22.5 Å². The fourth-order valence-electron chi connectivity index (χ4n) is 2.72. The first kappa shape index (κ1) is 11.0. The van der Waals surface area contributed by atoms with Crippen molar-refractivity contribution < 1.29 is 14.7 Å². The van der Waals surface area contributed by atoms with Crippen molar-refractivity contribution in [1.29, 1.82) is 0 Å². The van der Waals surface area contributed by atoms with Crippen LogP contribution in [0.3, 0.4) is 0 Å². The summed E-state index contributed by atoms with van der Waals surface area (Å²) in [7, 11) is 0. The predicted molar refractivity (Wildman–Crippen MR) is 67.5 cm³/mol. The summed E-state index contributed by atoms with van der Waals surface area (Å²) < 4.78 is 0. The number of ketones is 1. The third-order valence-electron chi connectivity index (χ3n) is 3.71. The Labute approximate surface area is 104 Å². The maximum atomic E-state index is 11.5. The lowest BCUT2D eigenvalue weighted by atomic mass is 9.63. The van der Waals surface area contributed by atoms with Gasteiger partial charge in [0.1, 0.15) is 11.2 Å². The number of Topliss-reactive ketones (excluding diaryl/α,β-unsaturated/α-hetero) is 1. The van der Waals surface area contributed by atoms with Gasteiger partial charge in [0.25, 0.3) is 0 Å². The van der Waals surface area contributed by atoms with Crippen molar-refractivity contribution in [2.75, 3.05) is 0 Å². The average Bonchev–Trinajstić information content (AvgIpc) is 2.34. The van der Waals surface area contributed by atoms with Crippen LogP contribution in [-0.4, -0.2) is 16.9 Å². The maximum absolute atomic E-state index is 11.5. The molecule has 1 saturated carbocycles. The van der Waals surface area contributed by atoms with Crippen molar-refractivity contribution in [3.63, 3.8) is 0 Å². The molecule has 0 bridgehead atoms. The number of hydrogen-bond acceptors (Lipinski definition) is 2. The van der Waals surface area contributed by atoms with Crippen LogP contribution in [0.15, 0.2) is 42.5 Å². The highest BCUT2D eigenvalue weighted by Gasteiger charge is 2.52. The van der Waals surface area contributed by atoms with Crippen LogP contribution in [0.1, 0.15) is 18.4 Å². The Hall–Kier alpha value is -2.16. The van der Waals surface area contributed by atoms with Crippen molar-refractivity contribution in [1.82, 2.24) is 0 Å². The maximum Gasteiger partial charge on any atom is 0.315 e. The summed E-state index contributed by atoms with van der Waals surface area (Å²) in [6.07, 6.45) is 0.215. The van der Waals surface area contributed by atoms with Gasteiger partial charge in [-0.05, 0) is 16.3 Å². The monoisotopic (exact) mass is 240 g/mol. The minimum Gasteiger partial charge on any atom is -0.481 e. The van der Waals surface area contributed by atoms with E-state index in [1.165, 1.54) is 0 Å². The summed E-state index contributed by atoms with van der Waals surface area (Å²) in [4.78, 5) is 22.8. The second-order valence-corrected chi connectivity index (χ2v) is 4.81. The molecule has 0 saturated heterocycles. The van der Waals surface area contributed by atoms with Crippen LogP contribution < -0.4 is 0 Å². The third-order valence-corrected chi connectivity index (χ3v) is 3.71. The van der Waals surface area contributed by atoms with Crippen LogP contribution in [-0.2, 0) is 15.0 Å².